The maximum absolute atomic E-state index is 12.1. The largest absolute Gasteiger partial charge is 1.00 e. The van der Waals surface area contributed by atoms with E-state index in [0.29, 0.717) is 19.4 Å². The molecule has 90 valence electrons. The first-order valence-corrected chi connectivity index (χ1v) is 6.76. The van der Waals surface area contributed by atoms with Gasteiger partial charge < -0.3 is 17.8 Å². The summed E-state index contributed by atoms with van der Waals surface area (Å²) < 4.78 is 58.8. The molecule has 1 aliphatic rings. The zero-order valence-corrected chi connectivity index (χ0v) is 13.4. The Labute approximate surface area is 137 Å². The zero-order chi connectivity index (χ0) is 11.7. The quantitative estimate of drug-likeness (QED) is 0.556. The van der Waals surface area contributed by atoms with E-state index in [-0.39, 0.29) is 57.9 Å². The van der Waals surface area contributed by atoms with Crippen molar-refractivity contribution in [2.75, 3.05) is 25.8 Å². The summed E-state index contributed by atoms with van der Waals surface area (Å²) in [5, 5.41) is -0.635. The van der Waals surface area contributed by atoms with Crippen LogP contribution in [0, 0.1) is 0 Å². The molecule has 0 radical (unpaired) electrons. The van der Waals surface area contributed by atoms with Gasteiger partial charge in [0, 0.05) is 12.8 Å². The molecule has 0 aromatic carbocycles. The SMILES string of the molecule is CS(=O)(=O)C1CCCN(C[B-](F)(F)F)C1.[K+]. The van der Waals surface area contributed by atoms with Crippen molar-refractivity contribution in [1.82, 2.24) is 4.90 Å². The molecule has 1 heterocycles. The van der Waals surface area contributed by atoms with Crippen LogP contribution >= 0.6 is 0 Å². The number of halogens is 3. The maximum Gasteiger partial charge on any atom is 1.00 e. The van der Waals surface area contributed by atoms with Crippen LogP contribution in [0.25, 0.3) is 0 Å². The van der Waals surface area contributed by atoms with Crippen molar-refractivity contribution in [3.05, 3.63) is 0 Å². The minimum absolute atomic E-state index is 0. The number of nitrogens with zero attached hydrogens (tertiary/aromatic N) is 1. The molecule has 1 atom stereocenters. The van der Waals surface area contributed by atoms with Gasteiger partial charge in [-0.25, -0.2) is 8.42 Å². The molecule has 0 N–H and O–H groups in total. The third-order valence-corrected chi connectivity index (χ3v) is 4.13. The normalized spacial score (nSPS) is 23.9. The number of sulfone groups is 1. The second-order valence-corrected chi connectivity index (χ2v) is 6.39. The summed E-state index contributed by atoms with van der Waals surface area (Å²) in [7, 11) is -3.22. The third kappa shape index (κ3) is 6.37. The topological polar surface area (TPSA) is 37.4 Å². The molecule has 0 aliphatic carbocycles. The summed E-state index contributed by atoms with van der Waals surface area (Å²) in [4.78, 5) is 1.19. The summed E-state index contributed by atoms with van der Waals surface area (Å²) >= 11 is 0. The Balaban J connectivity index is 0.00000225. The number of piperidine rings is 1. The zero-order valence-electron chi connectivity index (χ0n) is 9.50. The molecule has 0 aromatic rings. The van der Waals surface area contributed by atoms with Gasteiger partial charge in [0.15, 0.2) is 9.84 Å². The Hall–Kier alpha value is 1.40. The monoisotopic (exact) mass is 283 g/mol. The van der Waals surface area contributed by atoms with Crippen molar-refractivity contribution in [1.29, 1.82) is 0 Å². The van der Waals surface area contributed by atoms with Crippen molar-refractivity contribution < 1.29 is 72.7 Å². The minimum Gasteiger partial charge on any atom is -0.448 e. The third-order valence-electron chi connectivity index (χ3n) is 2.53. The van der Waals surface area contributed by atoms with Gasteiger partial charge in [-0.1, -0.05) is 0 Å². The van der Waals surface area contributed by atoms with Crippen LogP contribution in [0.2, 0.25) is 0 Å². The molecule has 0 spiro atoms. The van der Waals surface area contributed by atoms with Crippen LogP contribution in [0.15, 0.2) is 0 Å². The van der Waals surface area contributed by atoms with Crippen molar-refractivity contribution in [3.8, 4) is 0 Å². The Morgan fingerprint density at radius 2 is 1.94 bits per heavy atom. The van der Waals surface area contributed by atoms with Crippen LogP contribution < -0.4 is 51.4 Å². The molecule has 1 fully saturated rings. The standard InChI is InChI=1S/C7H14BF3NO2S.K/c1-15(13,14)7-3-2-4-12(5-7)6-8(9,10)11;/h7H,2-6H2,1H3;/q-1;+1. The first-order valence-electron chi connectivity index (χ1n) is 4.81. The van der Waals surface area contributed by atoms with Crippen LogP contribution in [0.1, 0.15) is 12.8 Å². The Bertz CT molecular complexity index is 322. The molecule has 16 heavy (non-hydrogen) atoms. The smallest absolute Gasteiger partial charge is 0.448 e. The van der Waals surface area contributed by atoms with E-state index in [1.165, 1.54) is 4.90 Å². The van der Waals surface area contributed by atoms with Crippen molar-refractivity contribution >= 4 is 16.8 Å². The van der Waals surface area contributed by atoms with Crippen LogP contribution in [0.4, 0.5) is 12.9 Å². The molecule has 9 heteroatoms. The van der Waals surface area contributed by atoms with Gasteiger partial charge >= 0.3 is 58.4 Å². The van der Waals surface area contributed by atoms with Gasteiger partial charge in [0.25, 0.3) is 0 Å². The van der Waals surface area contributed by atoms with E-state index in [2.05, 4.69) is 0 Å². The average molecular weight is 283 g/mol. The summed E-state index contributed by atoms with van der Waals surface area (Å²) in [6.07, 6.45) is 1.12. The summed E-state index contributed by atoms with van der Waals surface area (Å²) in [5.74, 6) is 0. The van der Waals surface area contributed by atoms with Gasteiger partial charge in [-0.2, -0.15) is 0 Å². The minimum atomic E-state index is -4.86. The average Bonchev–Trinajstić information content (AvgIpc) is 1.99. The van der Waals surface area contributed by atoms with Gasteiger partial charge in [0.05, 0.1) is 5.25 Å². The van der Waals surface area contributed by atoms with Gasteiger partial charge in [-0.3, -0.25) is 0 Å². The molecule has 0 amide bonds. The van der Waals surface area contributed by atoms with Crippen molar-refractivity contribution in [2.45, 2.75) is 18.1 Å². The first kappa shape index (κ1) is 17.4. The number of likely N-dealkylation sites (tertiary alicyclic amines) is 1. The van der Waals surface area contributed by atoms with E-state index in [4.69, 9.17) is 0 Å². The Kier molecular flexibility index (Phi) is 7.11. The molecule has 0 aromatic heterocycles. The number of hydrogen-bond acceptors (Lipinski definition) is 3. The van der Waals surface area contributed by atoms with E-state index in [1.807, 2.05) is 0 Å². The fraction of sp³-hybridized carbons (Fsp3) is 1.00. The molecule has 1 aliphatic heterocycles. The van der Waals surface area contributed by atoms with Gasteiger partial charge in [0.1, 0.15) is 0 Å². The molecule has 1 rings (SSSR count). The van der Waals surface area contributed by atoms with Gasteiger partial charge in [0.2, 0.25) is 0 Å². The van der Waals surface area contributed by atoms with Crippen LogP contribution in [-0.2, 0) is 9.84 Å². The van der Waals surface area contributed by atoms with E-state index in [9.17, 15) is 21.4 Å². The summed E-state index contributed by atoms with van der Waals surface area (Å²) in [5.41, 5.74) is 0. The molecular weight excluding hydrogens is 269 g/mol. The van der Waals surface area contributed by atoms with Crippen LogP contribution in [-0.4, -0.2) is 51.3 Å². The van der Waals surface area contributed by atoms with E-state index < -0.39 is 28.5 Å². The molecule has 0 bridgehead atoms. The fourth-order valence-electron chi connectivity index (χ4n) is 1.82. The number of hydrogen-bond donors (Lipinski definition) is 0. The summed E-state index contributed by atoms with van der Waals surface area (Å²) in [6.45, 7) is -4.50. The van der Waals surface area contributed by atoms with Crippen LogP contribution in [0.5, 0.6) is 0 Å². The second-order valence-electron chi connectivity index (χ2n) is 4.06. The number of rotatable bonds is 3. The maximum atomic E-state index is 12.1. The Morgan fingerprint density at radius 1 is 1.38 bits per heavy atom. The first-order chi connectivity index (χ1) is 6.68. The Morgan fingerprint density at radius 3 is 2.38 bits per heavy atom. The van der Waals surface area contributed by atoms with Gasteiger partial charge in [-0.05, 0) is 25.8 Å². The molecule has 3 nitrogen and oxygen atoms in total. The van der Waals surface area contributed by atoms with E-state index in [0.717, 1.165) is 6.26 Å². The van der Waals surface area contributed by atoms with E-state index in [1.54, 1.807) is 0 Å². The predicted molar refractivity (Wildman–Crippen MR) is 53.4 cm³/mol. The van der Waals surface area contributed by atoms with Crippen LogP contribution in [0.3, 0.4) is 0 Å². The van der Waals surface area contributed by atoms with Crippen molar-refractivity contribution in [2.24, 2.45) is 0 Å². The predicted octanol–water partition coefficient (Wildman–Crippen LogP) is -2.11. The molecule has 0 saturated carbocycles. The fourth-order valence-corrected chi connectivity index (χ4v) is 2.90. The second kappa shape index (κ2) is 6.53. The van der Waals surface area contributed by atoms with Crippen molar-refractivity contribution in [3.63, 3.8) is 0 Å². The van der Waals surface area contributed by atoms with Gasteiger partial charge in [-0.15, -0.1) is 0 Å². The van der Waals surface area contributed by atoms with E-state index >= 15 is 0 Å². The molecule has 1 unspecified atom stereocenters. The molecule has 1 saturated heterocycles. The summed E-state index contributed by atoms with van der Waals surface area (Å²) in [6, 6.07) is 0. The molecular formula is C7H14BF3KNO2S.